The Balaban J connectivity index is 1.91. The first-order valence-corrected chi connectivity index (χ1v) is 7.44. The van der Waals surface area contributed by atoms with Crippen LogP contribution in [0.25, 0.3) is 5.82 Å². The molecule has 2 aromatic heterocycles. The second kappa shape index (κ2) is 5.75. The molecule has 1 aliphatic rings. The van der Waals surface area contributed by atoms with E-state index in [9.17, 15) is 4.79 Å². The number of nitrogens with zero attached hydrogens (tertiary/aromatic N) is 5. The van der Waals surface area contributed by atoms with Crippen LogP contribution in [-0.4, -0.2) is 38.0 Å². The Morgan fingerprint density at radius 1 is 1.32 bits per heavy atom. The van der Waals surface area contributed by atoms with Crippen molar-refractivity contribution in [1.29, 1.82) is 0 Å². The van der Waals surface area contributed by atoms with Gasteiger partial charge >= 0.3 is 0 Å². The Morgan fingerprint density at radius 2 is 2.09 bits per heavy atom. The van der Waals surface area contributed by atoms with Crippen LogP contribution in [0.2, 0.25) is 0 Å². The first kappa shape index (κ1) is 14.5. The summed E-state index contributed by atoms with van der Waals surface area (Å²) in [6.45, 7) is 4.65. The number of nitrogens with two attached hydrogens (primary N) is 1. The molecule has 1 saturated heterocycles. The lowest BCUT2D eigenvalue weighted by atomic mass is 9.93. The molecule has 116 valence electrons. The van der Waals surface area contributed by atoms with Crippen molar-refractivity contribution in [2.24, 2.45) is 11.7 Å². The van der Waals surface area contributed by atoms with E-state index < -0.39 is 0 Å². The van der Waals surface area contributed by atoms with Crippen LogP contribution in [0.15, 0.2) is 24.8 Å². The van der Waals surface area contributed by atoms with Crippen molar-refractivity contribution >= 4 is 11.7 Å². The minimum atomic E-state index is -0.244. The number of amides is 1. The monoisotopic (exact) mass is 300 g/mol. The molecule has 7 nitrogen and oxygen atoms in total. The van der Waals surface area contributed by atoms with Gasteiger partial charge in [0.2, 0.25) is 5.91 Å². The van der Waals surface area contributed by atoms with E-state index in [0.29, 0.717) is 12.6 Å². The maximum Gasteiger partial charge on any atom is 0.222 e. The van der Waals surface area contributed by atoms with Gasteiger partial charge in [-0.05, 0) is 26.7 Å². The number of imidazole rings is 1. The maximum atomic E-state index is 11.5. The largest absolute Gasteiger partial charge is 0.369 e. The first-order valence-electron chi connectivity index (χ1n) is 7.44. The molecule has 1 amide bonds. The summed E-state index contributed by atoms with van der Waals surface area (Å²) in [5.74, 6) is 1.97. The van der Waals surface area contributed by atoms with E-state index >= 15 is 0 Å². The van der Waals surface area contributed by atoms with Crippen LogP contribution in [0.1, 0.15) is 25.6 Å². The molecule has 3 heterocycles. The fourth-order valence-electron chi connectivity index (χ4n) is 2.88. The number of hydrogen-bond acceptors (Lipinski definition) is 5. The van der Waals surface area contributed by atoms with Crippen molar-refractivity contribution in [3.63, 3.8) is 0 Å². The van der Waals surface area contributed by atoms with Crippen LogP contribution in [-0.2, 0) is 4.79 Å². The van der Waals surface area contributed by atoms with Crippen molar-refractivity contribution in [1.82, 2.24) is 19.5 Å². The second-order valence-corrected chi connectivity index (χ2v) is 5.76. The highest BCUT2D eigenvalue weighted by Gasteiger charge is 2.29. The predicted molar refractivity (Wildman–Crippen MR) is 82.6 cm³/mol. The van der Waals surface area contributed by atoms with Gasteiger partial charge in [-0.1, -0.05) is 0 Å². The molecule has 1 aliphatic heterocycles. The number of rotatable bonds is 3. The number of carbonyl (C=O) groups is 1. The summed E-state index contributed by atoms with van der Waals surface area (Å²) in [4.78, 5) is 26.8. The highest BCUT2D eigenvalue weighted by atomic mass is 16.1. The van der Waals surface area contributed by atoms with Gasteiger partial charge in [-0.25, -0.2) is 9.97 Å². The molecule has 0 radical (unpaired) electrons. The summed E-state index contributed by atoms with van der Waals surface area (Å²) in [5.41, 5.74) is 5.47. The quantitative estimate of drug-likeness (QED) is 0.915. The normalized spacial score (nSPS) is 21.8. The lowest BCUT2D eigenvalue weighted by Crippen LogP contribution is -2.46. The van der Waals surface area contributed by atoms with Gasteiger partial charge in [-0.3, -0.25) is 14.3 Å². The molecule has 2 aromatic rings. The molecule has 3 rings (SSSR count). The standard InChI is InChI=1S/C15H20N6O/c1-10-3-4-12(15(16)22)9-21(10)14-8-17-7-13(19-14)20-6-5-18-11(20)2/h5-8,10,12H,3-4,9H2,1-2H3,(H2,16,22)/t10-,12-/m1/s1. The average Bonchev–Trinajstić information content (AvgIpc) is 2.94. The molecule has 0 bridgehead atoms. The summed E-state index contributed by atoms with van der Waals surface area (Å²) in [7, 11) is 0. The topological polar surface area (TPSA) is 89.9 Å². The number of aromatic nitrogens is 4. The van der Waals surface area contributed by atoms with Crippen LogP contribution in [0.3, 0.4) is 0 Å². The van der Waals surface area contributed by atoms with Gasteiger partial charge in [0.15, 0.2) is 5.82 Å². The van der Waals surface area contributed by atoms with E-state index in [2.05, 4.69) is 26.8 Å². The van der Waals surface area contributed by atoms with E-state index in [4.69, 9.17) is 5.73 Å². The molecule has 0 aromatic carbocycles. The highest BCUT2D eigenvalue weighted by molar-refractivity contribution is 5.77. The van der Waals surface area contributed by atoms with Crippen LogP contribution >= 0.6 is 0 Å². The van der Waals surface area contributed by atoms with Crippen molar-refractivity contribution in [2.45, 2.75) is 32.7 Å². The predicted octanol–water partition coefficient (Wildman–Crippen LogP) is 1.06. The lowest BCUT2D eigenvalue weighted by Gasteiger charge is -2.37. The number of aryl methyl sites for hydroxylation is 1. The van der Waals surface area contributed by atoms with Crippen LogP contribution < -0.4 is 10.6 Å². The molecule has 0 aliphatic carbocycles. The first-order chi connectivity index (χ1) is 10.6. The summed E-state index contributed by atoms with van der Waals surface area (Å²) >= 11 is 0. The van der Waals surface area contributed by atoms with Gasteiger partial charge < -0.3 is 10.6 Å². The lowest BCUT2D eigenvalue weighted by molar-refractivity contribution is -0.122. The fourth-order valence-corrected chi connectivity index (χ4v) is 2.88. The second-order valence-electron chi connectivity index (χ2n) is 5.76. The smallest absolute Gasteiger partial charge is 0.222 e. The van der Waals surface area contributed by atoms with Crippen molar-refractivity contribution in [3.8, 4) is 5.82 Å². The molecule has 2 atom stereocenters. The maximum absolute atomic E-state index is 11.5. The van der Waals surface area contributed by atoms with Gasteiger partial charge in [-0.2, -0.15) is 0 Å². The molecular formula is C15H20N6O. The summed E-state index contributed by atoms with van der Waals surface area (Å²) in [6, 6.07) is 0.309. The SMILES string of the molecule is Cc1nccn1-c1cncc(N2C[C@H](C(N)=O)CC[C@H]2C)n1. The van der Waals surface area contributed by atoms with Gasteiger partial charge in [0.25, 0.3) is 0 Å². The van der Waals surface area contributed by atoms with Gasteiger partial charge in [0, 0.05) is 25.0 Å². The van der Waals surface area contributed by atoms with E-state index in [1.54, 1.807) is 18.6 Å². The number of primary amides is 1. The Kier molecular flexibility index (Phi) is 3.79. The molecular weight excluding hydrogens is 280 g/mol. The molecule has 22 heavy (non-hydrogen) atoms. The van der Waals surface area contributed by atoms with Gasteiger partial charge in [0.05, 0.1) is 18.3 Å². The number of anilines is 1. The number of piperidine rings is 1. The van der Waals surface area contributed by atoms with Crippen molar-refractivity contribution in [3.05, 3.63) is 30.6 Å². The molecule has 7 heteroatoms. The Bertz CT molecular complexity index is 682. The van der Waals surface area contributed by atoms with E-state index in [-0.39, 0.29) is 11.8 Å². The Morgan fingerprint density at radius 3 is 2.77 bits per heavy atom. The van der Waals surface area contributed by atoms with Crippen molar-refractivity contribution < 1.29 is 4.79 Å². The fraction of sp³-hybridized carbons (Fsp3) is 0.467. The summed E-state index contributed by atoms with van der Waals surface area (Å²) in [6.07, 6.45) is 8.78. The minimum Gasteiger partial charge on any atom is -0.369 e. The zero-order chi connectivity index (χ0) is 15.7. The summed E-state index contributed by atoms with van der Waals surface area (Å²) in [5, 5.41) is 0. The van der Waals surface area contributed by atoms with E-state index in [0.717, 1.165) is 30.3 Å². The van der Waals surface area contributed by atoms with E-state index in [1.807, 2.05) is 17.7 Å². The van der Waals surface area contributed by atoms with Crippen LogP contribution in [0.4, 0.5) is 5.82 Å². The number of carbonyl (C=O) groups excluding carboxylic acids is 1. The molecule has 2 N–H and O–H groups in total. The third-order valence-corrected chi connectivity index (χ3v) is 4.26. The molecule has 0 saturated carbocycles. The Labute approximate surface area is 129 Å². The molecule has 1 fully saturated rings. The van der Waals surface area contributed by atoms with Crippen molar-refractivity contribution in [2.75, 3.05) is 11.4 Å². The van der Waals surface area contributed by atoms with Crippen LogP contribution in [0.5, 0.6) is 0 Å². The van der Waals surface area contributed by atoms with Gasteiger partial charge in [-0.15, -0.1) is 0 Å². The van der Waals surface area contributed by atoms with Crippen LogP contribution in [0, 0.1) is 12.8 Å². The minimum absolute atomic E-state index is 0.128. The number of hydrogen-bond donors (Lipinski definition) is 1. The zero-order valence-electron chi connectivity index (χ0n) is 12.8. The van der Waals surface area contributed by atoms with Gasteiger partial charge in [0.1, 0.15) is 11.6 Å². The average molecular weight is 300 g/mol. The Hall–Kier alpha value is -2.44. The molecule has 0 unspecified atom stereocenters. The highest BCUT2D eigenvalue weighted by Crippen LogP contribution is 2.26. The zero-order valence-corrected chi connectivity index (χ0v) is 12.8. The molecule has 0 spiro atoms. The third-order valence-electron chi connectivity index (χ3n) is 4.26. The summed E-state index contributed by atoms with van der Waals surface area (Å²) < 4.78 is 1.89. The van der Waals surface area contributed by atoms with E-state index in [1.165, 1.54) is 0 Å². The third kappa shape index (κ3) is 2.66.